The fourth-order valence-electron chi connectivity index (χ4n) is 5.79. The van der Waals surface area contributed by atoms with Gasteiger partial charge in [-0.25, -0.2) is 9.97 Å². The lowest BCUT2D eigenvalue weighted by molar-refractivity contribution is 0.444. The lowest BCUT2D eigenvalue weighted by Crippen LogP contribution is -2.24. The molecule has 5 aromatic carbocycles. The van der Waals surface area contributed by atoms with Crippen LogP contribution < -0.4 is 14.4 Å². The Hall–Kier alpha value is -3.89. The van der Waals surface area contributed by atoms with Gasteiger partial charge in [-0.15, -0.1) is 22.7 Å². The quantitative estimate of drug-likeness (QED) is 0.186. The largest absolute Gasteiger partial charge is 0.453 e. The van der Waals surface area contributed by atoms with Gasteiger partial charge < -0.3 is 9.47 Å². The van der Waals surface area contributed by atoms with Crippen LogP contribution in [0.1, 0.15) is 0 Å². The number of fused-ring (bicyclic) bond motifs is 2. The van der Waals surface area contributed by atoms with E-state index in [1.54, 1.807) is 34.4 Å². The first-order chi connectivity index (χ1) is 20.2. The molecule has 3 aliphatic rings. The molecule has 0 fully saturated rings. The smallest absolute Gasteiger partial charge is 0.165 e. The fourth-order valence-corrected chi connectivity index (χ4v) is 9.51. The molecule has 5 heterocycles. The van der Waals surface area contributed by atoms with Gasteiger partial charge in [0.05, 0.1) is 26.0 Å². The van der Waals surface area contributed by atoms with Crippen LogP contribution in [-0.2, 0) is 0 Å². The third-order valence-electron chi connectivity index (χ3n) is 7.53. The number of anilines is 3. The molecule has 0 unspecified atom stereocenters. The molecule has 0 N–H and O–H groups in total. The van der Waals surface area contributed by atoms with Crippen LogP contribution in [0.25, 0.3) is 41.6 Å². The van der Waals surface area contributed by atoms with Crippen molar-refractivity contribution in [2.75, 3.05) is 4.90 Å². The monoisotopic (exact) mass is 647 g/mol. The van der Waals surface area contributed by atoms with Gasteiger partial charge in [-0.2, -0.15) is 0 Å². The van der Waals surface area contributed by atoms with Crippen molar-refractivity contribution >= 4 is 87.9 Å². The minimum Gasteiger partial charge on any atom is -0.453 e. The number of thiazole rings is 2. The number of aromatic nitrogens is 2. The summed E-state index contributed by atoms with van der Waals surface area (Å²) in [5.74, 6) is 3.15. The Labute approximate surface area is 254 Å². The van der Waals surface area contributed by atoms with Crippen LogP contribution in [0.5, 0.6) is 23.0 Å². The van der Waals surface area contributed by atoms with Crippen molar-refractivity contribution in [2.24, 2.45) is 0 Å². The molecule has 10 rings (SSSR count). The van der Waals surface area contributed by atoms with Gasteiger partial charge in [0, 0.05) is 19.8 Å². The molecule has 7 aromatic rings. The minimum atomic E-state index is 0.757. The number of para-hydroxylation sites is 2. The van der Waals surface area contributed by atoms with E-state index in [1.165, 1.54) is 4.70 Å². The van der Waals surface area contributed by atoms with Gasteiger partial charge in [-0.3, -0.25) is 4.90 Å². The summed E-state index contributed by atoms with van der Waals surface area (Å²) in [4.78, 5) is 14.5. The Morgan fingerprint density at radius 1 is 0.634 bits per heavy atom. The van der Waals surface area contributed by atoms with Crippen molar-refractivity contribution in [3.05, 3.63) is 89.4 Å². The van der Waals surface area contributed by atoms with E-state index in [4.69, 9.17) is 19.4 Å². The molecule has 2 aromatic heterocycles. The van der Waals surface area contributed by atoms with Crippen molar-refractivity contribution in [2.45, 2.75) is 9.79 Å². The van der Waals surface area contributed by atoms with Gasteiger partial charge in [-0.1, -0.05) is 52.0 Å². The van der Waals surface area contributed by atoms with Gasteiger partial charge in [0.1, 0.15) is 27.1 Å². The number of rotatable bonds is 2. The van der Waals surface area contributed by atoms with E-state index in [0.717, 1.165) is 91.2 Å². The average molecular weight is 649 g/mol. The summed E-state index contributed by atoms with van der Waals surface area (Å²) in [6.45, 7) is 0. The summed E-state index contributed by atoms with van der Waals surface area (Å²) in [5, 5.41) is 1.89. The molecule has 0 bridgehead atoms. The molecule has 41 heavy (non-hydrogen) atoms. The first kappa shape index (κ1) is 22.8. The summed E-state index contributed by atoms with van der Waals surface area (Å²) in [6.07, 6.45) is 0. The zero-order valence-electron chi connectivity index (χ0n) is 20.8. The summed E-state index contributed by atoms with van der Waals surface area (Å²) in [7, 11) is 0. The highest BCUT2D eigenvalue weighted by atomic mass is 79.9. The predicted octanol–water partition coefficient (Wildman–Crippen LogP) is 11.1. The Balaban J connectivity index is 1.25. The van der Waals surface area contributed by atoms with E-state index >= 15 is 0 Å². The molecule has 0 spiro atoms. The molecule has 5 nitrogen and oxygen atoms in total. The molecule has 0 aliphatic carbocycles. The predicted molar refractivity (Wildman–Crippen MR) is 170 cm³/mol. The molecule has 0 amide bonds. The highest BCUT2D eigenvalue weighted by Gasteiger charge is 2.42. The van der Waals surface area contributed by atoms with E-state index in [2.05, 4.69) is 81.5 Å². The van der Waals surface area contributed by atoms with E-state index in [9.17, 15) is 0 Å². The molecular formula is C32H14BrN3O2S3. The van der Waals surface area contributed by atoms with Crippen molar-refractivity contribution in [1.29, 1.82) is 0 Å². The summed E-state index contributed by atoms with van der Waals surface area (Å²) >= 11 is 8.82. The van der Waals surface area contributed by atoms with Gasteiger partial charge in [0.15, 0.2) is 23.0 Å². The zero-order valence-corrected chi connectivity index (χ0v) is 24.9. The number of nitrogens with zero attached hydrogens (tertiary/aromatic N) is 3. The fraction of sp³-hybridized carbons (Fsp3) is 0. The van der Waals surface area contributed by atoms with E-state index in [1.807, 2.05) is 24.3 Å². The highest BCUT2D eigenvalue weighted by molar-refractivity contribution is 9.10. The van der Waals surface area contributed by atoms with Gasteiger partial charge in [0.2, 0.25) is 0 Å². The standard InChI is InChI=1S/C32H14BrN3O2S3/c33-16-13-22-28-26(14-16)39-25-12-15(31-34-18-5-1-3-7-23(18)40-31)11-21-27(25)36(28)29-20(37-22)10-9-17(30(29)38-21)32-35-19-6-2-4-8-24(19)41-32/h1-14H. The van der Waals surface area contributed by atoms with Crippen LogP contribution >= 0.6 is 50.4 Å². The van der Waals surface area contributed by atoms with E-state index in [-0.39, 0.29) is 0 Å². The van der Waals surface area contributed by atoms with Crippen molar-refractivity contribution in [3.8, 4) is 44.1 Å². The van der Waals surface area contributed by atoms with Crippen LogP contribution in [0.4, 0.5) is 17.1 Å². The van der Waals surface area contributed by atoms with Crippen LogP contribution in [-0.4, -0.2) is 9.97 Å². The maximum atomic E-state index is 6.89. The molecule has 0 saturated heterocycles. The lowest BCUT2D eigenvalue weighted by atomic mass is 10.0. The van der Waals surface area contributed by atoms with E-state index < -0.39 is 0 Å². The number of hydrogen-bond acceptors (Lipinski definition) is 8. The first-order valence-corrected chi connectivity index (χ1v) is 16.2. The molecule has 0 radical (unpaired) electrons. The number of halogens is 1. The molecule has 194 valence electrons. The summed E-state index contributed by atoms with van der Waals surface area (Å²) in [6, 6.07) is 29.2. The zero-order chi connectivity index (χ0) is 26.8. The Morgan fingerprint density at radius 2 is 1.32 bits per heavy atom. The highest BCUT2D eigenvalue weighted by Crippen LogP contribution is 2.68. The van der Waals surface area contributed by atoms with Gasteiger partial charge >= 0.3 is 0 Å². The van der Waals surface area contributed by atoms with Crippen LogP contribution in [0, 0.1) is 0 Å². The number of hydrogen-bond donors (Lipinski definition) is 0. The molecule has 9 heteroatoms. The topological polar surface area (TPSA) is 47.5 Å². The summed E-state index contributed by atoms with van der Waals surface area (Å²) < 4.78 is 16.7. The maximum absolute atomic E-state index is 6.89. The average Bonchev–Trinajstić information content (AvgIpc) is 3.61. The Morgan fingerprint density at radius 3 is 2.10 bits per heavy atom. The second kappa shape index (κ2) is 8.10. The number of ether oxygens (including phenoxy) is 2. The Kier molecular flexibility index (Phi) is 4.50. The third-order valence-corrected chi connectivity index (χ3v) is 11.2. The third kappa shape index (κ3) is 3.17. The first-order valence-electron chi connectivity index (χ1n) is 12.9. The Bertz CT molecular complexity index is 2230. The SMILES string of the molecule is Brc1cc2c3c(c1)Sc1cc(-c4nc5ccccc5s4)cc4c1N3c1c(ccc(-c3nc5ccccc5s3)c1O4)O2. The maximum Gasteiger partial charge on any atom is 0.165 e. The van der Waals surface area contributed by atoms with Crippen LogP contribution in [0.3, 0.4) is 0 Å². The summed E-state index contributed by atoms with van der Waals surface area (Å²) in [5.41, 5.74) is 6.98. The molecule has 3 aliphatic heterocycles. The molecular weight excluding hydrogens is 634 g/mol. The lowest BCUT2D eigenvalue weighted by Gasteiger charge is -2.42. The normalized spacial score (nSPS) is 13.7. The van der Waals surface area contributed by atoms with Crippen molar-refractivity contribution in [3.63, 3.8) is 0 Å². The number of benzene rings is 5. The van der Waals surface area contributed by atoms with Gasteiger partial charge in [-0.05, 0) is 60.7 Å². The minimum absolute atomic E-state index is 0.757. The van der Waals surface area contributed by atoms with Crippen LogP contribution in [0.15, 0.2) is 99.2 Å². The van der Waals surface area contributed by atoms with Gasteiger partial charge in [0.25, 0.3) is 0 Å². The molecule has 0 atom stereocenters. The van der Waals surface area contributed by atoms with Crippen LogP contribution in [0.2, 0.25) is 0 Å². The van der Waals surface area contributed by atoms with Crippen molar-refractivity contribution in [1.82, 2.24) is 9.97 Å². The van der Waals surface area contributed by atoms with Crippen molar-refractivity contribution < 1.29 is 9.47 Å². The second-order valence-electron chi connectivity index (χ2n) is 9.98. The molecule has 0 saturated carbocycles. The second-order valence-corrected chi connectivity index (χ2v) is 14.0. The van der Waals surface area contributed by atoms with E-state index in [0.29, 0.717) is 0 Å².